The van der Waals surface area contributed by atoms with Crippen LogP contribution in [0.3, 0.4) is 0 Å². The van der Waals surface area contributed by atoms with Crippen LogP contribution in [-0.4, -0.2) is 76.3 Å². The van der Waals surface area contributed by atoms with Gasteiger partial charge < -0.3 is 29.5 Å². The molecule has 2 heterocycles. The molecule has 0 radical (unpaired) electrons. The van der Waals surface area contributed by atoms with Gasteiger partial charge in [0.2, 0.25) is 0 Å². The van der Waals surface area contributed by atoms with Gasteiger partial charge in [0, 0.05) is 55.6 Å². The summed E-state index contributed by atoms with van der Waals surface area (Å²) >= 11 is 0. The van der Waals surface area contributed by atoms with Crippen molar-refractivity contribution in [1.82, 2.24) is 19.7 Å². The SMILES string of the molecule is CC(C)NC(=O)N(C)C[C@H]1OCc2ccccc2-c2c(n(C)c3ccccc23)C(=O)N([C@@H](C)CO)C[C@H]1C. The number of nitrogens with one attached hydrogen (secondary N) is 1. The lowest BCUT2D eigenvalue weighted by atomic mass is 9.96. The van der Waals surface area contributed by atoms with E-state index >= 15 is 0 Å². The second kappa shape index (κ2) is 11.6. The number of aryl methyl sites for hydroxylation is 1. The normalized spacial score (nSPS) is 19.1. The number of aliphatic hydroxyl groups excluding tert-OH is 1. The van der Waals surface area contributed by atoms with Crippen molar-refractivity contribution in [2.24, 2.45) is 13.0 Å². The smallest absolute Gasteiger partial charge is 0.317 e. The van der Waals surface area contributed by atoms with Gasteiger partial charge >= 0.3 is 6.03 Å². The van der Waals surface area contributed by atoms with E-state index in [1.165, 1.54) is 0 Å². The average Bonchev–Trinajstić information content (AvgIpc) is 3.19. The van der Waals surface area contributed by atoms with E-state index in [0.29, 0.717) is 25.4 Å². The van der Waals surface area contributed by atoms with E-state index in [9.17, 15) is 14.7 Å². The minimum atomic E-state index is -0.394. The molecule has 3 atom stereocenters. The zero-order valence-electron chi connectivity index (χ0n) is 23.3. The summed E-state index contributed by atoms with van der Waals surface area (Å²) in [5.41, 5.74) is 4.37. The molecule has 0 fully saturated rings. The maximum atomic E-state index is 14.3. The predicted molar refractivity (Wildman–Crippen MR) is 150 cm³/mol. The van der Waals surface area contributed by atoms with Gasteiger partial charge in [-0.3, -0.25) is 4.79 Å². The van der Waals surface area contributed by atoms with E-state index in [1.54, 1.807) is 16.8 Å². The van der Waals surface area contributed by atoms with Gasteiger partial charge in [0.1, 0.15) is 5.69 Å². The summed E-state index contributed by atoms with van der Waals surface area (Å²) in [6.07, 6.45) is -0.329. The number of benzene rings is 2. The number of para-hydroxylation sites is 1. The molecule has 1 aromatic heterocycles. The molecule has 0 unspecified atom stereocenters. The summed E-state index contributed by atoms with van der Waals surface area (Å²) < 4.78 is 8.50. The molecule has 1 aliphatic heterocycles. The highest BCUT2D eigenvalue weighted by molar-refractivity contribution is 6.10. The molecule has 3 aromatic rings. The molecule has 38 heavy (non-hydrogen) atoms. The molecule has 0 saturated carbocycles. The van der Waals surface area contributed by atoms with Gasteiger partial charge in [-0.2, -0.15) is 0 Å². The van der Waals surface area contributed by atoms with Crippen molar-refractivity contribution in [2.75, 3.05) is 26.7 Å². The summed E-state index contributed by atoms with van der Waals surface area (Å²) in [5.74, 6) is -0.237. The van der Waals surface area contributed by atoms with Crippen LogP contribution < -0.4 is 5.32 Å². The van der Waals surface area contributed by atoms with Crippen molar-refractivity contribution in [3.05, 3.63) is 59.8 Å². The summed E-state index contributed by atoms with van der Waals surface area (Å²) in [6.45, 7) is 8.68. The zero-order chi connectivity index (χ0) is 27.6. The Morgan fingerprint density at radius 2 is 1.84 bits per heavy atom. The lowest BCUT2D eigenvalue weighted by Crippen LogP contribution is -2.49. The Morgan fingerprint density at radius 3 is 2.55 bits per heavy atom. The van der Waals surface area contributed by atoms with Crippen molar-refractivity contribution in [3.63, 3.8) is 0 Å². The molecule has 0 saturated heterocycles. The summed E-state index contributed by atoms with van der Waals surface area (Å²) in [6, 6.07) is 15.5. The average molecular weight is 521 g/mol. The second-order valence-corrected chi connectivity index (χ2v) is 10.8. The number of carbonyl (C=O) groups excluding carboxylic acids is 2. The molecule has 0 spiro atoms. The summed E-state index contributed by atoms with van der Waals surface area (Å²) in [4.78, 5) is 30.4. The highest BCUT2D eigenvalue weighted by atomic mass is 16.5. The fraction of sp³-hybridized carbons (Fsp3) is 0.467. The van der Waals surface area contributed by atoms with Crippen molar-refractivity contribution in [2.45, 2.75) is 52.5 Å². The Kier molecular flexibility index (Phi) is 8.43. The maximum absolute atomic E-state index is 14.3. The van der Waals surface area contributed by atoms with E-state index in [0.717, 1.165) is 27.6 Å². The predicted octanol–water partition coefficient (Wildman–Crippen LogP) is 4.25. The zero-order valence-corrected chi connectivity index (χ0v) is 23.3. The molecule has 2 aromatic carbocycles. The largest absolute Gasteiger partial charge is 0.394 e. The molecular formula is C30H40N4O4. The van der Waals surface area contributed by atoms with Crippen LogP contribution in [0.2, 0.25) is 0 Å². The standard InChI is InChI=1S/C30H40N4O4/c1-19(2)31-30(37)32(5)16-26-20(3)15-34(21(4)17-35)29(36)28-27(23-12-8-7-11-22(23)18-38-26)24-13-9-10-14-25(24)33(28)6/h7-14,19-21,26,35H,15-18H2,1-6H3,(H,31,37)/t20-,21+,26-/m1/s1. The van der Waals surface area contributed by atoms with Gasteiger partial charge in [0.05, 0.1) is 25.4 Å². The van der Waals surface area contributed by atoms with Crippen LogP contribution in [-0.2, 0) is 18.4 Å². The topological polar surface area (TPSA) is 87.0 Å². The molecule has 1 aliphatic rings. The first kappa shape index (κ1) is 27.7. The van der Waals surface area contributed by atoms with Gasteiger partial charge in [-0.15, -0.1) is 0 Å². The number of nitrogens with zero attached hydrogens (tertiary/aromatic N) is 3. The third-order valence-electron chi connectivity index (χ3n) is 7.44. The Morgan fingerprint density at radius 1 is 1.16 bits per heavy atom. The Labute approximate surface area is 225 Å². The van der Waals surface area contributed by atoms with Gasteiger partial charge in [0.15, 0.2) is 0 Å². The molecule has 8 nitrogen and oxygen atoms in total. The first-order valence-corrected chi connectivity index (χ1v) is 13.3. The molecule has 4 rings (SSSR count). The number of carbonyl (C=O) groups is 2. The highest BCUT2D eigenvalue weighted by Crippen LogP contribution is 2.38. The minimum Gasteiger partial charge on any atom is -0.394 e. The minimum absolute atomic E-state index is 0.0228. The van der Waals surface area contributed by atoms with Gasteiger partial charge in [-0.1, -0.05) is 49.4 Å². The number of fused-ring (bicyclic) bond motifs is 5. The van der Waals surface area contributed by atoms with E-state index in [2.05, 4.69) is 5.32 Å². The number of aromatic nitrogens is 1. The lowest BCUT2D eigenvalue weighted by molar-refractivity contribution is -0.0185. The van der Waals surface area contributed by atoms with Crippen LogP contribution in [0.1, 0.15) is 43.7 Å². The number of rotatable bonds is 5. The third-order valence-corrected chi connectivity index (χ3v) is 7.44. The second-order valence-electron chi connectivity index (χ2n) is 10.8. The van der Waals surface area contributed by atoms with Crippen molar-refractivity contribution in [3.8, 4) is 11.1 Å². The van der Waals surface area contributed by atoms with E-state index < -0.39 is 6.04 Å². The highest BCUT2D eigenvalue weighted by Gasteiger charge is 2.34. The van der Waals surface area contributed by atoms with Gasteiger partial charge in [-0.05, 0) is 38.0 Å². The number of likely N-dealkylation sites (N-methyl/N-ethyl adjacent to an activating group) is 1. The van der Waals surface area contributed by atoms with Crippen LogP contribution in [0.5, 0.6) is 0 Å². The van der Waals surface area contributed by atoms with Crippen LogP contribution in [0.15, 0.2) is 48.5 Å². The molecule has 204 valence electrons. The maximum Gasteiger partial charge on any atom is 0.317 e. The van der Waals surface area contributed by atoms with Crippen LogP contribution in [0.4, 0.5) is 4.79 Å². The third kappa shape index (κ3) is 5.42. The molecular weight excluding hydrogens is 480 g/mol. The fourth-order valence-corrected chi connectivity index (χ4v) is 5.24. The van der Waals surface area contributed by atoms with Crippen molar-refractivity contribution in [1.29, 1.82) is 0 Å². The van der Waals surface area contributed by atoms with Crippen molar-refractivity contribution < 1.29 is 19.4 Å². The Bertz CT molecular complexity index is 1300. The van der Waals surface area contributed by atoms with Gasteiger partial charge in [0.25, 0.3) is 5.91 Å². The molecule has 2 N–H and O–H groups in total. The number of aliphatic hydroxyl groups is 1. The van der Waals surface area contributed by atoms with Crippen molar-refractivity contribution >= 4 is 22.8 Å². The monoisotopic (exact) mass is 520 g/mol. The van der Waals surface area contributed by atoms with E-state index in [4.69, 9.17) is 4.74 Å². The van der Waals surface area contributed by atoms with Crippen LogP contribution in [0, 0.1) is 5.92 Å². The van der Waals surface area contributed by atoms with Gasteiger partial charge in [-0.25, -0.2) is 4.79 Å². The molecule has 0 aliphatic carbocycles. The molecule has 8 heteroatoms. The Balaban J connectivity index is 1.84. The summed E-state index contributed by atoms with van der Waals surface area (Å²) in [5, 5.41) is 14.0. The van der Waals surface area contributed by atoms with Crippen LogP contribution >= 0.6 is 0 Å². The number of ether oxygens (including phenoxy) is 1. The number of hydrogen-bond acceptors (Lipinski definition) is 4. The fourth-order valence-electron chi connectivity index (χ4n) is 5.24. The van der Waals surface area contributed by atoms with E-state index in [1.807, 2.05) is 87.8 Å². The number of urea groups is 1. The lowest BCUT2D eigenvalue weighted by Gasteiger charge is -2.35. The Hall–Kier alpha value is -3.36. The quantitative estimate of drug-likeness (QED) is 0.527. The molecule has 0 bridgehead atoms. The first-order valence-electron chi connectivity index (χ1n) is 13.3. The molecule has 3 amide bonds. The number of hydrogen-bond donors (Lipinski definition) is 2. The van der Waals surface area contributed by atoms with E-state index in [-0.39, 0.29) is 36.6 Å². The van der Waals surface area contributed by atoms with Crippen LogP contribution in [0.25, 0.3) is 22.0 Å². The number of amides is 3. The summed E-state index contributed by atoms with van der Waals surface area (Å²) in [7, 11) is 3.68. The first-order chi connectivity index (χ1) is 18.1.